The van der Waals surface area contributed by atoms with Crippen LogP contribution < -0.4 is 5.32 Å². The molecule has 0 atom stereocenters. The van der Waals surface area contributed by atoms with Crippen LogP contribution in [0.3, 0.4) is 0 Å². The highest BCUT2D eigenvalue weighted by Gasteiger charge is 2.19. The number of hydrogen-bond donors (Lipinski definition) is 1. The lowest BCUT2D eigenvalue weighted by molar-refractivity contribution is -0.384. The van der Waals surface area contributed by atoms with Crippen molar-refractivity contribution in [3.8, 4) is 11.3 Å². The van der Waals surface area contributed by atoms with Gasteiger partial charge in [-0.2, -0.15) is 0 Å². The number of carbonyl (C=O) groups is 1. The van der Waals surface area contributed by atoms with Gasteiger partial charge in [-0.3, -0.25) is 19.8 Å². The molecule has 0 bridgehead atoms. The lowest BCUT2D eigenvalue weighted by Gasteiger charge is -2.34. The summed E-state index contributed by atoms with van der Waals surface area (Å²) in [7, 11) is 0. The third-order valence-electron chi connectivity index (χ3n) is 5.32. The zero-order valence-corrected chi connectivity index (χ0v) is 18.8. The molecule has 2 aromatic heterocycles. The molecule has 1 fully saturated rings. The largest absolute Gasteiger partial charge is 0.340 e. The number of nitrogens with zero attached hydrogens (tertiary/aromatic N) is 5. The number of thiazole rings is 1. The van der Waals surface area contributed by atoms with E-state index in [9.17, 15) is 14.9 Å². The van der Waals surface area contributed by atoms with Crippen LogP contribution in [0.4, 0.5) is 16.6 Å². The maximum Gasteiger partial charge on any atom is 0.270 e. The van der Waals surface area contributed by atoms with E-state index < -0.39 is 4.92 Å². The average Bonchev–Trinajstić information content (AvgIpc) is 3.18. The molecular formula is C22H24N6O3S. The number of rotatable bonds is 6. The molecule has 3 heterocycles. The summed E-state index contributed by atoms with van der Waals surface area (Å²) in [6, 6.07) is 10.4. The van der Waals surface area contributed by atoms with Crippen LogP contribution in [0.5, 0.6) is 0 Å². The first-order valence-corrected chi connectivity index (χ1v) is 11.1. The SMILES string of the molecule is CC(=O)N1CCN(Cc2cc(Nc3ncc(C)s3)nc(-c3cccc([N+](=O)[O-])c3)c2)CC1. The molecule has 32 heavy (non-hydrogen) atoms. The summed E-state index contributed by atoms with van der Waals surface area (Å²) < 4.78 is 0. The Morgan fingerprint density at radius 2 is 2.00 bits per heavy atom. The van der Waals surface area contributed by atoms with E-state index in [-0.39, 0.29) is 11.6 Å². The molecule has 4 rings (SSSR count). The minimum absolute atomic E-state index is 0.0279. The molecule has 1 aromatic carbocycles. The van der Waals surface area contributed by atoms with E-state index in [1.54, 1.807) is 19.2 Å². The van der Waals surface area contributed by atoms with Gasteiger partial charge in [0.1, 0.15) is 5.82 Å². The molecule has 1 saturated heterocycles. The van der Waals surface area contributed by atoms with Crippen molar-refractivity contribution in [2.75, 3.05) is 31.5 Å². The lowest BCUT2D eigenvalue weighted by Crippen LogP contribution is -2.47. The number of nitro benzene ring substituents is 1. The van der Waals surface area contributed by atoms with Gasteiger partial charge >= 0.3 is 0 Å². The number of non-ortho nitro benzene ring substituents is 1. The molecule has 1 N–H and O–H groups in total. The molecule has 0 radical (unpaired) electrons. The van der Waals surface area contributed by atoms with Gasteiger partial charge in [-0.15, -0.1) is 11.3 Å². The van der Waals surface area contributed by atoms with Gasteiger partial charge in [0, 0.05) is 68.4 Å². The summed E-state index contributed by atoms with van der Waals surface area (Å²) in [5, 5.41) is 15.2. The first kappa shape index (κ1) is 21.8. The van der Waals surface area contributed by atoms with Crippen molar-refractivity contribution >= 4 is 33.9 Å². The van der Waals surface area contributed by atoms with Crippen LogP contribution in [-0.4, -0.2) is 56.8 Å². The number of aryl methyl sites for hydroxylation is 1. The maximum absolute atomic E-state index is 11.6. The van der Waals surface area contributed by atoms with Crippen LogP contribution in [0.25, 0.3) is 11.3 Å². The molecule has 1 aliphatic heterocycles. The zero-order valence-electron chi connectivity index (χ0n) is 17.9. The quantitative estimate of drug-likeness (QED) is 0.448. The highest BCUT2D eigenvalue weighted by molar-refractivity contribution is 7.15. The minimum Gasteiger partial charge on any atom is -0.340 e. The van der Waals surface area contributed by atoms with E-state index in [1.807, 2.05) is 30.0 Å². The first-order valence-electron chi connectivity index (χ1n) is 10.3. The Labute approximate surface area is 189 Å². The Morgan fingerprint density at radius 3 is 2.66 bits per heavy atom. The highest BCUT2D eigenvalue weighted by atomic mass is 32.1. The Balaban J connectivity index is 1.62. The number of nitro groups is 1. The van der Waals surface area contributed by atoms with E-state index in [2.05, 4.69) is 15.2 Å². The molecule has 1 amide bonds. The number of benzene rings is 1. The van der Waals surface area contributed by atoms with Gasteiger partial charge in [0.15, 0.2) is 5.13 Å². The van der Waals surface area contributed by atoms with Crippen molar-refractivity contribution in [1.29, 1.82) is 0 Å². The number of anilines is 2. The predicted molar refractivity (Wildman–Crippen MR) is 124 cm³/mol. The number of amides is 1. The van der Waals surface area contributed by atoms with Gasteiger partial charge in [0.25, 0.3) is 5.69 Å². The summed E-state index contributed by atoms with van der Waals surface area (Å²) >= 11 is 1.54. The maximum atomic E-state index is 11.6. The van der Waals surface area contributed by atoms with E-state index >= 15 is 0 Å². The Kier molecular flexibility index (Phi) is 6.42. The van der Waals surface area contributed by atoms with Crippen LogP contribution in [0, 0.1) is 17.0 Å². The van der Waals surface area contributed by atoms with Gasteiger partial charge in [-0.05, 0) is 24.6 Å². The number of nitrogens with one attached hydrogen (secondary N) is 1. The fraction of sp³-hybridized carbons (Fsp3) is 0.318. The Bertz CT molecular complexity index is 1140. The van der Waals surface area contributed by atoms with Crippen LogP contribution in [0.2, 0.25) is 0 Å². The van der Waals surface area contributed by atoms with Crippen molar-refractivity contribution in [3.63, 3.8) is 0 Å². The molecule has 0 aliphatic carbocycles. The fourth-order valence-electron chi connectivity index (χ4n) is 3.67. The van der Waals surface area contributed by atoms with E-state index in [0.29, 0.717) is 36.7 Å². The number of piperazine rings is 1. The molecule has 10 heteroatoms. The van der Waals surface area contributed by atoms with Crippen LogP contribution in [0.1, 0.15) is 17.4 Å². The van der Waals surface area contributed by atoms with Crippen molar-refractivity contribution in [1.82, 2.24) is 19.8 Å². The summed E-state index contributed by atoms with van der Waals surface area (Å²) in [5.41, 5.74) is 2.40. The standard InChI is InChI=1S/C22H24N6O3S/c1-15-13-23-22(32-15)25-21-11-17(14-26-6-8-27(9-7-26)16(2)29)10-20(24-21)18-4-3-5-19(12-18)28(30)31/h3-5,10-13H,6-9,14H2,1-2H3,(H,23,24,25). The van der Waals surface area contributed by atoms with Crippen molar-refractivity contribution in [2.24, 2.45) is 0 Å². The fourth-order valence-corrected chi connectivity index (χ4v) is 4.34. The van der Waals surface area contributed by atoms with Gasteiger partial charge in [0.05, 0.1) is 10.6 Å². The van der Waals surface area contributed by atoms with Crippen LogP contribution in [0.15, 0.2) is 42.6 Å². The number of pyridine rings is 1. The Hall–Kier alpha value is -3.37. The monoisotopic (exact) mass is 452 g/mol. The molecule has 1 aliphatic rings. The summed E-state index contributed by atoms with van der Waals surface area (Å²) in [5.74, 6) is 0.743. The van der Waals surface area contributed by atoms with E-state index in [1.165, 1.54) is 23.5 Å². The zero-order chi connectivity index (χ0) is 22.7. The first-order chi connectivity index (χ1) is 15.4. The average molecular weight is 453 g/mol. The number of hydrogen-bond acceptors (Lipinski definition) is 8. The third-order valence-corrected chi connectivity index (χ3v) is 6.15. The molecule has 0 unspecified atom stereocenters. The molecule has 0 spiro atoms. The number of aromatic nitrogens is 2. The summed E-state index contributed by atoms with van der Waals surface area (Å²) in [4.78, 5) is 36.7. The topological polar surface area (TPSA) is 104 Å². The highest BCUT2D eigenvalue weighted by Crippen LogP contribution is 2.28. The number of carbonyl (C=O) groups excluding carboxylic acids is 1. The second-order valence-electron chi connectivity index (χ2n) is 7.74. The van der Waals surface area contributed by atoms with Gasteiger partial charge in [-0.25, -0.2) is 9.97 Å². The van der Waals surface area contributed by atoms with Crippen molar-refractivity contribution < 1.29 is 9.72 Å². The smallest absolute Gasteiger partial charge is 0.270 e. The van der Waals surface area contributed by atoms with E-state index in [4.69, 9.17) is 4.98 Å². The minimum atomic E-state index is -0.403. The Morgan fingerprint density at radius 1 is 1.22 bits per heavy atom. The summed E-state index contributed by atoms with van der Waals surface area (Å²) in [6.07, 6.45) is 1.80. The van der Waals surface area contributed by atoms with Gasteiger partial charge in [0.2, 0.25) is 5.91 Å². The molecular weight excluding hydrogens is 428 g/mol. The normalized spacial score (nSPS) is 14.4. The van der Waals surface area contributed by atoms with Gasteiger partial charge < -0.3 is 10.2 Å². The second-order valence-corrected chi connectivity index (χ2v) is 8.97. The second kappa shape index (κ2) is 9.41. The van der Waals surface area contributed by atoms with E-state index in [0.717, 1.165) is 28.7 Å². The lowest BCUT2D eigenvalue weighted by atomic mass is 10.1. The molecule has 3 aromatic rings. The predicted octanol–water partition coefficient (Wildman–Crippen LogP) is 3.83. The van der Waals surface area contributed by atoms with Crippen molar-refractivity contribution in [2.45, 2.75) is 20.4 Å². The molecule has 0 saturated carbocycles. The van der Waals surface area contributed by atoms with Crippen molar-refractivity contribution in [3.05, 3.63) is 63.1 Å². The van der Waals surface area contributed by atoms with Gasteiger partial charge in [-0.1, -0.05) is 12.1 Å². The summed E-state index contributed by atoms with van der Waals surface area (Å²) in [6.45, 7) is 7.29. The molecule has 166 valence electrons. The molecule has 9 nitrogen and oxygen atoms in total. The van der Waals surface area contributed by atoms with Crippen LogP contribution in [-0.2, 0) is 11.3 Å². The third kappa shape index (κ3) is 5.27. The van der Waals surface area contributed by atoms with Crippen LogP contribution >= 0.6 is 11.3 Å².